The molecule has 1 saturated heterocycles. The lowest BCUT2D eigenvalue weighted by Crippen LogP contribution is -2.49. The van der Waals surface area contributed by atoms with Crippen LogP contribution in [0.15, 0.2) is 0 Å². The topological polar surface area (TPSA) is 37.4 Å². The van der Waals surface area contributed by atoms with Crippen LogP contribution >= 0.6 is 0 Å². The van der Waals surface area contributed by atoms with E-state index >= 15 is 0 Å². The Balaban J connectivity index is 2.58. The Labute approximate surface area is 74.7 Å². The summed E-state index contributed by atoms with van der Waals surface area (Å²) in [6.07, 6.45) is 0. The van der Waals surface area contributed by atoms with Gasteiger partial charge in [0.2, 0.25) is 0 Å². The molecule has 0 aromatic heterocycles. The molecule has 1 aliphatic rings. The van der Waals surface area contributed by atoms with Crippen molar-refractivity contribution >= 4 is 9.84 Å². The third-order valence-electron chi connectivity index (χ3n) is 2.29. The predicted octanol–water partition coefficient (Wildman–Crippen LogP) is 0.515. The molecule has 1 rings (SSSR count). The number of hydrogen-bond donors (Lipinski definition) is 0. The minimum atomic E-state index is -2.72. The molecule has 0 aliphatic carbocycles. The maximum Gasteiger partial charge on any atom is 0.152 e. The van der Waals surface area contributed by atoms with Gasteiger partial charge in [-0.05, 0) is 20.8 Å². The second-order valence-corrected chi connectivity index (χ2v) is 6.61. The number of rotatable bonds is 0. The fourth-order valence-electron chi connectivity index (χ4n) is 1.38. The van der Waals surface area contributed by atoms with E-state index in [0.717, 1.165) is 0 Å². The van der Waals surface area contributed by atoms with Gasteiger partial charge in [0.05, 0.1) is 11.5 Å². The van der Waals surface area contributed by atoms with Gasteiger partial charge in [0.15, 0.2) is 9.84 Å². The minimum Gasteiger partial charge on any atom is -0.296 e. The Morgan fingerprint density at radius 1 is 1.08 bits per heavy atom. The SMILES string of the molecule is CC(C)(C)N1CCS(=O)(=O)CC1. The summed E-state index contributed by atoms with van der Waals surface area (Å²) >= 11 is 0. The molecule has 0 radical (unpaired) electrons. The van der Waals surface area contributed by atoms with Crippen LogP contribution < -0.4 is 0 Å². The molecular weight excluding hydrogens is 174 g/mol. The van der Waals surface area contributed by atoms with Gasteiger partial charge in [0.25, 0.3) is 0 Å². The third kappa shape index (κ3) is 2.45. The summed E-state index contributed by atoms with van der Waals surface area (Å²) in [4.78, 5) is 2.22. The maximum absolute atomic E-state index is 11.1. The van der Waals surface area contributed by atoms with E-state index in [0.29, 0.717) is 24.6 Å². The van der Waals surface area contributed by atoms with Gasteiger partial charge in [-0.1, -0.05) is 0 Å². The monoisotopic (exact) mass is 191 g/mol. The Kier molecular flexibility index (Phi) is 2.50. The zero-order valence-corrected chi connectivity index (χ0v) is 8.82. The van der Waals surface area contributed by atoms with Crippen molar-refractivity contribution in [1.29, 1.82) is 0 Å². The van der Waals surface area contributed by atoms with Crippen molar-refractivity contribution in [2.45, 2.75) is 26.3 Å². The number of hydrogen-bond acceptors (Lipinski definition) is 3. The molecule has 0 aromatic carbocycles. The Hall–Kier alpha value is -0.0900. The van der Waals surface area contributed by atoms with Gasteiger partial charge in [-0.25, -0.2) is 8.42 Å². The molecular formula is C8H17NO2S. The van der Waals surface area contributed by atoms with Crippen LogP contribution in [0.2, 0.25) is 0 Å². The van der Waals surface area contributed by atoms with E-state index in [4.69, 9.17) is 0 Å². The van der Waals surface area contributed by atoms with Crippen LogP contribution in [0.3, 0.4) is 0 Å². The molecule has 0 unspecified atom stereocenters. The lowest BCUT2D eigenvalue weighted by Gasteiger charge is -2.37. The molecule has 0 aromatic rings. The van der Waals surface area contributed by atoms with Crippen LogP contribution in [-0.4, -0.2) is 43.5 Å². The van der Waals surface area contributed by atoms with Crippen LogP contribution in [0.5, 0.6) is 0 Å². The fourth-order valence-corrected chi connectivity index (χ4v) is 2.58. The average molecular weight is 191 g/mol. The highest BCUT2D eigenvalue weighted by molar-refractivity contribution is 7.91. The maximum atomic E-state index is 11.1. The lowest BCUT2D eigenvalue weighted by atomic mass is 10.1. The molecule has 3 nitrogen and oxygen atoms in total. The molecule has 0 spiro atoms. The second kappa shape index (κ2) is 3.00. The van der Waals surface area contributed by atoms with Gasteiger partial charge in [-0.3, -0.25) is 4.90 Å². The minimum absolute atomic E-state index is 0.107. The summed E-state index contributed by atoms with van der Waals surface area (Å²) in [6, 6.07) is 0. The molecule has 1 aliphatic heterocycles. The number of sulfone groups is 1. The van der Waals surface area contributed by atoms with Crippen molar-refractivity contribution < 1.29 is 8.42 Å². The Morgan fingerprint density at radius 3 is 1.83 bits per heavy atom. The van der Waals surface area contributed by atoms with Crippen LogP contribution in [0.25, 0.3) is 0 Å². The lowest BCUT2D eigenvalue weighted by molar-refractivity contribution is 0.150. The average Bonchev–Trinajstić information content (AvgIpc) is 1.83. The largest absolute Gasteiger partial charge is 0.296 e. The van der Waals surface area contributed by atoms with Gasteiger partial charge in [-0.15, -0.1) is 0 Å². The molecule has 4 heteroatoms. The van der Waals surface area contributed by atoms with Crippen LogP contribution in [0.1, 0.15) is 20.8 Å². The van der Waals surface area contributed by atoms with Crippen LogP contribution in [0, 0.1) is 0 Å². The van der Waals surface area contributed by atoms with Crippen molar-refractivity contribution in [3.63, 3.8) is 0 Å². The van der Waals surface area contributed by atoms with Crippen molar-refractivity contribution in [2.75, 3.05) is 24.6 Å². The van der Waals surface area contributed by atoms with E-state index in [9.17, 15) is 8.42 Å². The standard InChI is InChI=1S/C8H17NO2S/c1-8(2,3)9-4-6-12(10,11)7-5-9/h4-7H2,1-3H3. The second-order valence-electron chi connectivity index (χ2n) is 4.31. The van der Waals surface area contributed by atoms with Crippen LogP contribution in [0.4, 0.5) is 0 Å². The van der Waals surface area contributed by atoms with Gasteiger partial charge >= 0.3 is 0 Å². The van der Waals surface area contributed by atoms with E-state index in [2.05, 4.69) is 25.7 Å². The summed E-state index contributed by atoms with van der Waals surface area (Å²) in [5.41, 5.74) is 0.107. The highest BCUT2D eigenvalue weighted by atomic mass is 32.2. The molecule has 72 valence electrons. The smallest absolute Gasteiger partial charge is 0.152 e. The van der Waals surface area contributed by atoms with Gasteiger partial charge < -0.3 is 0 Å². The third-order valence-corrected chi connectivity index (χ3v) is 3.90. The first-order valence-corrected chi connectivity index (χ1v) is 6.09. The highest BCUT2D eigenvalue weighted by Gasteiger charge is 2.28. The summed E-state index contributed by atoms with van der Waals surface area (Å²) in [7, 11) is -2.72. The fraction of sp³-hybridized carbons (Fsp3) is 1.00. The quantitative estimate of drug-likeness (QED) is 0.560. The Bertz CT molecular complexity index is 237. The molecule has 0 amide bonds. The van der Waals surface area contributed by atoms with Crippen molar-refractivity contribution in [1.82, 2.24) is 4.90 Å². The molecule has 0 saturated carbocycles. The molecule has 0 N–H and O–H groups in total. The molecule has 1 heterocycles. The van der Waals surface area contributed by atoms with Gasteiger partial charge in [0.1, 0.15) is 0 Å². The Morgan fingerprint density at radius 2 is 1.50 bits per heavy atom. The first kappa shape index (κ1) is 9.99. The first-order chi connectivity index (χ1) is 5.31. The normalized spacial score (nSPS) is 25.6. The van der Waals surface area contributed by atoms with Gasteiger partial charge in [-0.2, -0.15) is 0 Å². The molecule has 1 fully saturated rings. The zero-order valence-electron chi connectivity index (χ0n) is 8.00. The summed E-state index contributed by atoms with van der Waals surface area (Å²) < 4.78 is 22.2. The van der Waals surface area contributed by atoms with Crippen molar-refractivity contribution in [3.8, 4) is 0 Å². The molecule has 0 bridgehead atoms. The van der Waals surface area contributed by atoms with E-state index in [1.54, 1.807) is 0 Å². The van der Waals surface area contributed by atoms with E-state index in [1.807, 2.05) is 0 Å². The summed E-state index contributed by atoms with van der Waals surface area (Å²) in [5.74, 6) is 0.647. The first-order valence-electron chi connectivity index (χ1n) is 4.27. The predicted molar refractivity (Wildman–Crippen MR) is 50.0 cm³/mol. The van der Waals surface area contributed by atoms with E-state index in [1.165, 1.54) is 0 Å². The summed E-state index contributed by atoms with van der Waals surface area (Å²) in [6.45, 7) is 7.72. The van der Waals surface area contributed by atoms with E-state index in [-0.39, 0.29) is 5.54 Å². The highest BCUT2D eigenvalue weighted by Crippen LogP contribution is 2.16. The van der Waals surface area contributed by atoms with E-state index < -0.39 is 9.84 Å². The molecule has 12 heavy (non-hydrogen) atoms. The van der Waals surface area contributed by atoms with Crippen molar-refractivity contribution in [2.24, 2.45) is 0 Å². The molecule has 0 atom stereocenters. The zero-order chi connectivity index (χ0) is 9.41. The number of nitrogens with zero attached hydrogens (tertiary/aromatic N) is 1. The van der Waals surface area contributed by atoms with Crippen LogP contribution in [-0.2, 0) is 9.84 Å². The van der Waals surface area contributed by atoms with Gasteiger partial charge in [0, 0.05) is 18.6 Å². The van der Waals surface area contributed by atoms with Crippen molar-refractivity contribution in [3.05, 3.63) is 0 Å². The summed E-state index contributed by atoms with van der Waals surface area (Å²) in [5, 5.41) is 0.